The number of hydrazone groups is 1. The molecule has 1 amide bonds. The van der Waals surface area contributed by atoms with E-state index >= 15 is 0 Å². The van der Waals surface area contributed by atoms with Gasteiger partial charge < -0.3 is 14.3 Å². The predicted octanol–water partition coefficient (Wildman–Crippen LogP) is 3.03. The zero-order chi connectivity index (χ0) is 18.7. The summed E-state index contributed by atoms with van der Waals surface area (Å²) in [5, 5.41) is 4.11. The Labute approximate surface area is 154 Å². The largest absolute Gasteiger partial charge is 0.463 e. The van der Waals surface area contributed by atoms with Crippen LogP contribution in [0.25, 0.3) is 6.08 Å². The molecule has 1 aliphatic rings. The molecule has 2 aromatic heterocycles. The standard InChI is InChI=1S/C20H26N4O2/c1-5-24(6-2)10-9-15-13(3)17(21-14(15)4)12-16-19(22-23-20(16)25)18-8-7-11-26-18/h7-8,11-12,21H,5-6,9-10H2,1-4H3,(H,23,25)/b16-12+. The van der Waals surface area contributed by atoms with Gasteiger partial charge in [-0.1, -0.05) is 13.8 Å². The smallest absolute Gasteiger partial charge is 0.273 e. The summed E-state index contributed by atoms with van der Waals surface area (Å²) in [5.41, 5.74) is 8.17. The number of hydrogen-bond acceptors (Lipinski definition) is 4. The summed E-state index contributed by atoms with van der Waals surface area (Å²) < 4.78 is 5.40. The van der Waals surface area contributed by atoms with E-state index in [4.69, 9.17) is 4.42 Å². The topological polar surface area (TPSA) is 73.6 Å². The molecule has 0 bridgehead atoms. The Balaban J connectivity index is 1.88. The maximum atomic E-state index is 12.2. The minimum absolute atomic E-state index is 0.215. The van der Waals surface area contributed by atoms with Crippen LogP contribution in [-0.2, 0) is 11.2 Å². The van der Waals surface area contributed by atoms with Gasteiger partial charge in [-0.15, -0.1) is 0 Å². The molecular formula is C20H26N4O2. The minimum atomic E-state index is -0.215. The highest BCUT2D eigenvalue weighted by Crippen LogP contribution is 2.24. The quantitative estimate of drug-likeness (QED) is 0.751. The van der Waals surface area contributed by atoms with Crippen LogP contribution in [-0.4, -0.2) is 41.1 Å². The highest BCUT2D eigenvalue weighted by molar-refractivity contribution is 6.32. The molecule has 0 aromatic carbocycles. The molecular weight excluding hydrogens is 328 g/mol. The van der Waals surface area contributed by atoms with Gasteiger partial charge in [-0.05, 0) is 62.7 Å². The lowest BCUT2D eigenvalue weighted by molar-refractivity contribution is -0.116. The third-order valence-electron chi connectivity index (χ3n) is 5.02. The van der Waals surface area contributed by atoms with E-state index in [1.807, 2.05) is 6.08 Å². The molecule has 0 aliphatic carbocycles. The maximum absolute atomic E-state index is 12.2. The number of aryl methyl sites for hydroxylation is 1. The van der Waals surface area contributed by atoms with Gasteiger partial charge in [-0.25, -0.2) is 5.43 Å². The Bertz CT molecular complexity index is 840. The SMILES string of the molecule is CCN(CC)CCc1c(C)[nH]c(/C=C2/C(=O)NN=C2c2ccco2)c1C. The number of H-pyrrole nitrogens is 1. The Morgan fingerprint density at radius 1 is 1.27 bits per heavy atom. The molecule has 6 nitrogen and oxygen atoms in total. The van der Waals surface area contributed by atoms with Crippen LogP contribution in [0.5, 0.6) is 0 Å². The van der Waals surface area contributed by atoms with Gasteiger partial charge in [0.25, 0.3) is 5.91 Å². The van der Waals surface area contributed by atoms with Crippen molar-refractivity contribution in [1.29, 1.82) is 0 Å². The summed E-state index contributed by atoms with van der Waals surface area (Å²) in [5.74, 6) is 0.366. The molecule has 0 fully saturated rings. The van der Waals surface area contributed by atoms with E-state index in [-0.39, 0.29) is 5.91 Å². The lowest BCUT2D eigenvalue weighted by atomic mass is 10.0. The third-order valence-corrected chi connectivity index (χ3v) is 5.02. The van der Waals surface area contributed by atoms with Crippen LogP contribution in [0.4, 0.5) is 0 Å². The number of nitrogens with one attached hydrogen (secondary N) is 2. The molecule has 0 unspecified atom stereocenters. The van der Waals surface area contributed by atoms with Gasteiger partial charge in [-0.2, -0.15) is 5.10 Å². The van der Waals surface area contributed by atoms with Crippen LogP contribution >= 0.6 is 0 Å². The highest BCUT2D eigenvalue weighted by Gasteiger charge is 2.26. The second-order valence-corrected chi connectivity index (χ2v) is 6.48. The number of aromatic nitrogens is 1. The van der Waals surface area contributed by atoms with Crippen LogP contribution in [0, 0.1) is 13.8 Å². The Morgan fingerprint density at radius 2 is 2.04 bits per heavy atom. The van der Waals surface area contributed by atoms with Gasteiger partial charge in [0.05, 0.1) is 11.8 Å². The van der Waals surface area contributed by atoms with Crippen LogP contribution in [0.1, 0.15) is 42.1 Å². The average molecular weight is 354 g/mol. The molecule has 138 valence electrons. The predicted molar refractivity (Wildman–Crippen MR) is 103 cm³/mol. The molecule has 6 heteroatoms. The van der Waals surface area contributed by atoms with Crippen LogP contribution in [0.2, 0.25) is 0 Å². The monoisotopic (exact) mass is 354 g/mol. The van der Waals surface area contributed by atoms with Gasteiger partial charge in [0, 0.05) is 17.9 Å². The molecule has 3 heterocycles. The van der Waals surface area contributed by atoms with Crippen LogP contribution < -0.4 is 5.43 Å². The van der Waals surface area contributed by atoms with Crippen molar-refractivity contribution in [3.63, 3.8) is 0 Å². The van der Waals surface area contributed by atoms with Crippen molar-refractivity contribution in [2.75, 3.05) is 19.6 Å². The third kappa shape index (κ3) is 3.51. The summed E-state index contributed by atoms with van der Waals surface area (Å²) >= 11 is 0. The van der Waals surface area contributed by atoms with Crippen LogP contribution in [0.3, 0.4) is 0 Å². The average Bonchev–Trinajstić information content (AvgIpc) is 3.33. The molecule has 1 aliphatic heterocycles. The van der Waals surface area contributed by atoms with Crippen molar-refractivity contribution in [2.45, 2.75) is 34.1 Å². The zero-order valence-electron chi connectivity index (χ0n) is 15.8. The van der Waals surface area contributed by atoms with Crippen molar-refractivity contribution >= 4 is 17.7 Å². The van der Waals surface area contributed by atoms with E-state index in [0.717, 1.165) is 37.4 Å². The molecule has 3 rings (SSSR count). The first kappa shape index (κ1) is 18.2. The lowest BCUT2D eigenvalue weighted by Crippen LogP contribution is -2.25. The molecule has 2 N–H and O–H groups in total. The highest BCUT2D eigenvalue weighted by atomic mass is 16.3. The van der Waals surface area contributed by atoms with Crippen molar-refractivity contribution in [1.82, 2.24) is 15.3 Å². The molecule has 0 radical (unpaired) electrons. The van der Waals surface area contributed by atoms with Crippen molar-refractivity contribution in [3.8, 4) is 0 Å². The van der Waals surface area contributed by atoms with Gasteiger partial charge in [0.1, 0.15) is 5.71 Å². The molecule has 2 aromatic rings. The maximum Gasteiger partial charge on any atom is 0.273 e. The summed E-state index contributed by atoms with van der Waals surface area (Å²) in [6.07, 6.45) is 4.44. The Kier molecular flexibility index (Phi) is 5.42. The molecule has 26 heavy (non-hydrogen) atoms. The number of rotatable bonds is 7. The lowest BCUT2D eigenvalue weighted by Gasteiger charge is -2.17. The second kappa shape index (κ2) is 7.74. The number of nitrogens with zero attached hydrogens (tertiary/aromatic N) is 2. The first-order chi connectivity index (χ1) is 12.5. The summed E-state index contributed by atoms with van der Waals surface area (Å²) in [6.45, 7) is 11.7. The molecule has 0 saturated carbocycles. The van der Waals surface area contributed by atoms with Crippen LogP contribution in [0.15, 0.2) is 33.5 Å². The molecule has 0 spiro atoms. The summed E-state index contributed by atoms with van der Waals surface area (Å²) in [7, 11) is 0. The number of amides is 1. The van der Waals surface area contributed by atoms with E-state index in [9.17, 15) is 4.79 Å². The van der Waals surface area contributed by atoms with Crippen molar-refractivity contribution < 1.29 is 9.21 Å². The fraction of sp³-hybridized carbons (Fsp3) is 0.400. The van der Waals surface area contributed by atoms with Gasteiger partial charge in [0.2, 0.25) is 0 Å². The second-order valence-electron chi connectivity index (χ2n) is 6.48. The number of hydrogen-bond donors (Lipinski definition) is 2. The molecule has 0 saturated heterocycles. The van der Waals surface area contributed by atoms with Gasteiger partial charge >= 0.3 is 0 Å². The Morgan fingerprint density at radius 3 is 2.69 bits per heavy atom. The normalized spacial score (nSPS) is 15.8. The minimum Gasteiger partial charge on any atom is -0.463 e. The molecule has 0 atom stereocenters. The van der Waals surface area contributed by atoms with Crippen molar-refractivity contribution in [2.24, 2.45) is 5.10 Å². The fourth-order valence-electron chi connectivity index (χ4n) is 3.36. The van der Waals surface area contributed by atoms with Gasteiger partial charge in [-0.3, -0.25) is 4.79 Å². The van der Waals surface area contributed by atoms with E-state index in [2.05, 4.69) is 48.1 Å². The zero-order valence-corrected chi connectivity index (χ0v) is 15.8. The fourth-order valence-corrected chi connectivity index (χ4v) is 3.36. The summed E-state index contributed by atoms with van der Waals surface area (Å²) in [6, 6.07) is 3.59. The first-order valence-corrected chi connectivity index (χ1v) is 9.09. The number of furan rings is 1. The van der Waals surface area contributed by atoms with E-state index in [0.29, 0.717) is 17.0 Å². The van der Waals surface area contributed by atoms with E-state index < -0.39 is 0 Å². The number of aromatic amines is 1. The van der Waals surface area contributed by atoms with E-state index in [1.165, 1.54) is 11.1 Å². The van der Waals surface area contributed by atoms with E-state index in [1.54, 1.807) is 18.4 Å². The number of carbonyl (C=O) groups excluding carboxylic acids is 1. The van der Waals surface area contributed by atoms with Crippen molar-refractivity contribution in [3.05, 3.63) is 52.2 Å². The number of carbonyl (C=O) groups is 1. The first-order valence-electron chi connectivity index (χ1n) is 9.09. The Hall–Kier alpha value is -2.60. The van der Waals surface area contributed by atoms with Gasteiger partial charge in [0.15, 0.2) is 5.76 Å². The number of likely N-dealkylation sites (N-methyl/N-ethyl adjacent to an activating group) is 1. The summed E-state index contributed by atoms with van der Waals surface area (Å²) in [4.78, 5) is 18.1.